The number of aromatic nitrogens is 1. The van der Waals surface area contributed by atoms with Gasteiger partial charge in [-0.15, -0.1) is 0 Å². The first-order chi connectivity index (χ1) is 8.04. The van der Waals surface area contributed by atoms with E-state index in [1.165, 1.54) is 0 Å². The fraction of sp³-hybridized carbons (Fsp3) is 0.538. The first kappa shape index (κ1) is 11.9. The number of hydrogen-bond donors (Lipinski definition) is 0. The maximum Gasteiger partial charge on any atom is 0.101 e. The van der Waals surface area contributed by atoms with Gasteiger partial charge in [0.2, 0.25) is 0 Å². The standard InChI is InChI=1S/C13H18N4/c1-13(2)10-17(7-6-16(13)3)12-9-15-5-4-11(12)8-14/h4-5,9H,6-7,10H2,1-3H3. The smallest absolute Gasteiger partial charge is 0.101 e. The van der Waals surface area contributed by atoms with Crippen LogP contribution in [-0.2, 0) is 0 Å². The van der Waals surface area contributed by atoms with Gasteiger partial charge < -0.3 is 4.90 Å². The molecule has 4 heteroatoms. The molecule has 0 saturated carbocycles. The van der Waals surface area contributed by atoms with Crippen molar-refractivity contribution in [2.75, 3.05) is 31.6 Å². The molecule has 0 unspecified atom stereocenters. The number of rotatable bonds is 1. The lowest BCUT2D eigenvalue weighted by molar-refractivity contribution is 0.139. The number of anilines is 1. The molecule has 1 aliphatic heterocycles. The van der Waals surface area contributed by atoms with Crippen molar-refractivity contribution < 1.29 is 0 Å². The molecule has 0 radical (unpaired) electrons. The first-order valence-electron chi connectivity index (χ1n) is 5.85. The molecule has 0 bridgehead atoms. The van der Waals surface area contributed by atoms with Crippen LogP contribution in [-0.4, -0.2) is 42.1 Å². The van der Waals surface area contributed by atoms with Gasteiger partial charge in [-0.1, -0.05) is 0 Å². The summed E-state index contributed by atoms with van der Waals surface area (Å²) in [6.45, 7) is 7.32. The Kier molecular flexibility index (Phi) is 3.03. The van der Waals surface area contributed by atoms with Crippen LogP contribution >= 0.6 is 0 Å². The summed E-state index contributed by atoms with van der Waals surface area (Å²) >= 11 is 0. The molecular formula is C13H18N4. The molecule has 0 atom stereocenters. The number of pyridine rings is 1. The molecule has 0 N–H and O–H groups in total. The summed E-state index contributed by atoms with van der Waals surface area (Å²) in [6.07, 6.45) is 3.46. The van der Waals surface area contributed by atoms with Crippen LogP contribution in [0.3, 0.4) is 0 Å². The molecule has 2 rings (SSSR count). The van der Waals surface area contributed by atoms with Crippen LogP contribution in [0.5, 0.6) is 0 Å². The van der Waals surface area contributed by atoms with Gasteiger partial charge in [0.25, 0.3) is 0 Å². The average Bonchev–Trinajstić information content (AvgIpc) is 2.32. The van der Waals surface area contributed by atoms with Gasteiger partial charge >= 0.3 is 0 Å². The van der Waals surface area contributed by atoms with Crippen LogP contribution in [0.2, 0.25) is 0 Å². The van der Waals surface area contributed by atoms with E-state index in [0.717, 1.165) is 25.3 Å². The summed E-state index contributed by atoms with van der Waals surface area (Å²) < 4.78 is 0. The van der Waals surface area contributed by atoms with Gasteiger partial charge in [-0.25, -0.2) is 0 Å². The zero-order valence-corrected chi connectivity index (χ0v) is 10.6. The molecule has 1 aromatic rings. The second-order valence-corrected chi connectivity index (χ2v) is 5.16. The molecular weight excluding hydrogens is 212 g/mol. The highest BCUT2D eigenvalue weighted by molar-refractivity contribution is 5.58. The van der Waals surface area contributed by atoms with Crippen molar-refractivity contribution in [3.8, 4) is 6.07 Å². The lowest BCUT2D eigenvalue weighted by atomic mass is 9.99. The van der Waals surface area contributed by atoms with Gasteiger partial charge in [0, 0.05) is 31.4 Å². The van der Waals surface area contributed by atoms with E-state index in [-0.39, 0.29) is 5.54 Å². The second kappa shape index (κ2) is 4.34. The van der Waals surface area contributed by atoms with Crippen LogP contribution in [0.1, 0.15) is 19.4 Å². The fourth-order valence-corrected chi connectivity index (χ4v) is 2.18. The van der Waals surface area contributed by atoms with Gasteiger partial charge in [0.05, 0.1) is 17.4 Å². The highest BCUT2D eigenvalue weighted by Gasteiger charge is 2.31. The largest absolute Gasteiger partial charge is 0.366 e. The van der Waals surface area contributed by atoms with Gasteiger partial charge in [0.1, 0.15) is 6.07 Å². The third-order valence-electron chi connectivity index (χ3n) is 3.58. The van der Waals surface area contributed by atoms with Crippen LogP contribution < -0.4 is 4.90 Å². The SMILES string of the molecule is CN1CCN(c2cnccc2C#N)CC1(C)C. The Morgan fingerprint density at radius 1 is 1.41 bits per heavy atom. The molecule has 17 heavy (non-hydrogen) atoms. The molecule has 2 heterocycles. The van der Waals surface area contributed by atoms with Crippen molar-refractivity contribution in [1.29, 1.82) is 5.26 Å². The lowest BCUT2D eigenvalue weighted by Crippen LogP contribution is -2.57. The van der Waals surface area contributed by atoms with Crippen LogP contribution in [0.15, 0.2) is 18.5 Å². The van der Waals surface area contributed by atoms with Crippen LogP contribution in [0.25, 0.3) is 0 Å². The van der Waals surface area contributed by atoms with E-state index in [1.807, 2.05) is 0 Å². The Labute approximate surface area is 102 Å². The zero-order chi connectivity index (χ0) is 12.5. The molecule has 0 amide bonds. The number of nitriles is 1. The topological polar surface area (TPSA) is 43.2 Å². The lowest BCUT2D eigenvalue weighted by Gasteiger charge is -2.46. The highest BCUT2D eigenvalue weighted by atomic mass is 15.3. The minimum Gasteiger partial charge on any atom is -0.366 e. The molecule has 1 saturated heterocycles. The van der Waals surface area contributed by atoms with E-state index in [2.05, 4.69) is 41.7 Å². The van der Waals surface area contributed by atoms with Gasteiger partial charge in [0.15, 0.2) is 0 Å². The predicted octanol–water partition coefficient (Wildman–Crippen LogP) is 1.48. The van der Waals surface area contributed by atoms with Crippen molar-refractivity contribution in [3.63, 3.8) is 0 Å². The van der Waals surface area contributed by atoms with E-state index < -0.39 is 0 Å². The zero-order valence-electron chi connectivity index (χ0n) is 10.6. The normalized spacial score (nSPS) is 20.0. The molecule has 1 aromatic heterocycles. The Balaban J connectivity index is 2.27. The molecule has 0 aliphatic carbocycles. The average molecular weight is 230 g/mol. The third kappa shape index (κ3) is 2.25. The summed E-state index contributed by atoms with van der Waals surface area (Å²) in [5.74, 6) is 0. The number of nitrogens with zero attached hydrogens (tertiary/aromatic N) is 4. The summed E-state index contributed by atoms with van der Waals surface area (Å²) in [6, 6.07) is 4.01. The summed E-state index contributed by atoms with van der Waals surface area (Å²) in [7, 11) is 2.14. The maximum absolute atomic E-state index is 9.12. The van der Waals surface area contributed by atoms with Gasteiger partial charge in [-0.3, -0.25) is 9.88 Å². The van der Waals surface area contributed by atoms with Crippen molar-refractivity contribution in [3.05, 3.63) is 24.0 Å². The van der Waals surface area contributed by atoms with Crippen molar-refractivity contribution in [2.45, 2.75) is 19.4 Å². The molecule has 4 nitrogen and oxygen atoms in total. The van der Waals surface area contributed by atoms with E-state index in [0.29, 0.717) is 5.56 Å². The number of hydrogen-bond acceptors (Lipinski definition) is 4. The van der Waals surface area contributed by atoms with Crippen LogP contribution in [0.4, 0.5) is 5.69 Å². The van der Waals surface area contributed by atoms with Crippen molar-refractivity contribution >= 4 is 5.69 Å². The third-order valence-corrected chi connectivity index (χ3v) is 3.58. The second-order valence-electron chi connectivity index (χ2n) is 5.16. The first-order valence-corrected chi connectivity index (χ1v) is 5.85. The molecule has 1 fully saturated rings. The fourth-order valence-electron chi connectivity index (χ4n) is 2.18. The summed E-state index contributed by atoms with van der Waals surface area (Å²) in [5.41, 5.74) is 1.79. The monoisotopic (exact) mass is 230 g/mol. The van der Waals surface area contributed by atoms with Crippen molar-refractivity contribution in [2.24, 2.45) is 0 Å². The Morgan fingerprint density at radius 3 is 2.82 bits per heavy atom. The minimum absolute atomic E-state index is 0.126. The Morgan fingerprint density at radius 2 is 2.18 bits per heavy atom. The quantitative estimate of drug-likeness (QED) is 0.733. The van der Waals surface area contributed by atoms with Gasteiger partial charge in [-0.2, -0.15) is 5.26 Å². The predicted molar refractivity (Wildman–Crippen MR) is 67.9 cm³/mol. The summed E-state index contributed by atoms with van der Waals surface area (Å²) in [4.78, 5) is 8.74. The molecule has 0 spiro atoms. The summed E-state index contributed by atoms with van der Waals surface area (Å²) in [5, 5.41) is 9.12. The van der Waals surface area contributed by atoms with Gasteiger partial charge in [-0.05, 0) is 27.0 Å². The molecule has 0 aromatic carbocycles. The van der Waals surface area contributed by atoms with Crippen LogP contribution in [0, 0.1) is 11.3 Å². The number of likely N-dealkylation sites (N-methyl/N-ethyl adjacent to an activating group) is 1. The van der Waals surface area contributed by atoms with E-state index >= 15 is 0 Å². The minimum atomic E-state index is 0.126. The Bertz CT molecular complexity index is 447. The molecule has 90 valence electrons. The van der Waals surface area contributed by atoms with E-state index in [4.69, 9.17) is 5.26 Å². The van der Waals surface area contributed by atoms with E-state index in [9.17, 15) is 0 Å². The van der Waals surface area contributed by atoms with E-state index in [1.54, 1.807) is 18.5 Å². The Hall–Kier alpha value is -1.60. The maximum atomic E-state index is 9.12. The number of piperazine rings is 1. The van der Waals surface area contributed by atoms with Crippen molar-refractivity contribution in [1.82, 2.24) is 9.88 Å². The highest BCUT2D eigenvalue weighted by Crippen LogP contribution is 2.25. The molecule has 1 aliphatic rings.